The van der Waals surface area contributed by atoms with Crippen molar-refractivity contribution in [1.29, 1.82) is 0 Å². The molecule has 12 heavy (non-hydrogen) atoms. The van der Waals surface area contributed by atoms with Gasteiger partial charge in [-0.2, -0.15) is 0 Å². The molecule has 0 aromatic heterocycles. The highest BCUT2D eigenvalue weighted by Crippen LogP contribution is 1.88. The molecule has 0 spiro atoms. The summed E-state index contributed by atoms with van der Waals surface area (Å²) in [5.41, 5.74) is 0.891. The summed E-state index contributed by atoms with van der Waals surface area (Å²) in [6.07, 6.45) is 0.464. The van der Waals surface area contributed by atoms with Crippen molar-refractivity contribution in [2.75, 3.05) is 19.8 Å². The molecule has 0 N–H and O–H groups in total. The molecule has 0 aliphatic heterocycles. The van der Waals surface area contributed by atoms with E-state index in [2.05, 4.69) is 4.99 Å². The number of rotatable bonds is 6. The third-order valence-corrected chi connectivity index (χ3v) is 1.33. The molecule has 0 amide bonds. The maximum Gasteiger partial charge on any atom is 0.135 e. The predicted molar refractivity (Wildman–Crippen MR) is 49.8 cm³/mol. The van der Waals surface area contributed by atoms with E-state index in [-0.39, 0.29) is 5.78 Å². The lowest BCUT2D eigenvalue weighted by Crippen LogP contribution is -2.03. The van der Waals surface area contributed by atoms with Gasteiger partial charge in [0.25, 0.3) is 0 Å². The van der Waals surface area contributed by atoms with E-state index < -0.39 is 0 Å². The van der Waals surface area contributed by atoms with Gasteiger partial charge in [0.2, 0.25) is 0 Å². The van der Waals surface area contributed by atoms with Crippen molar-refractivity contribution in [2.45, 2.75) is 27.2 Å². The standard InChI is InChI=1S/C9H17NO2/c1-4-12-6-5-10-8(2)7-9(3)11/h4-7H2,1-3H3. The van der Waals surface area contributed by atoms with Gasteiger partial charge in [-0.3, -0.25) is 9.79 Å². The van der Waals surface area contributed by atoms with Crippen molar-refractivity contribution in [3.8, 4) is 0 Å². The van der Waals surface area contributed by atoms with Crippen LogP contribution in [0.1, 0.15) is 27.2 Å². The molecule has 0 fully saturated rings. The third-order valence-electron chi connectivity index (χ3n) is 1.33. The number of aliphatic imine (C=N–C) groups is 1. The quantitative estimate of drug-likeness (QED) is 0.448. The minimum absolute atomic E-state index is 0.160. The summed E-state index contributed by atoms with van der Waals surface area (Å²) < 4.78 is 5.10. The Bertz CT molecular complexity index is 164. The lowest BCUT2D eigenvalue weighted by molar-refractivity contribution is -0.115. The number of Topliss-reactive ketones (excluding diaryl/α,β-unsaturated/α-hetero) is 1. The lowest BCUT2D eigenvalue weighted by Gasteiger charge is -1.98. The fourth-order valence-corrected chi connectivity index (χ4v) is 0.862. The van der Waals surface area contributed by atoms with Crippen LogP contribution in [-0.2, 0) is 9.53 Å². The lowest BCUT2D eigenvalue weighted by atomic mass is 10.2. The van der Waals surface area contributed by atoms with E-state index in [0.717, 1.165) is 12.3 Å². The van der Waals surface area contributed by atoms with Gasteiger partial charge in [0.15, 0.2) is 0 Å². The van der Waals surface area contributed by atoms with Gasteiger partial charge in [0, 0.05) is 18.7 Å². The minimum Gasteiger partial charge on any atom is -0.380 e. The zero-order chi connectivity index (χ0) is 9.40. The molecular weight excluding hydrogens is 154 g/mol. The zero-order valence-electron chi connectivity index (χ0n) is 8.09. The number of carbonyl (C=O) groups excluding carboxylic acids is 1. The van der Waals surface area contributed by atoms with E-state index in [1.807, 2.05) is 13.8 Å². The second-order valence-electron chi connectivity index (χ2n) is 2.69. The molecule has 3 nitrogen and oxygen atoms in total. The van der Waals surface area contributed by atoms with Crippen LogP contribution in [0, 0.1) is 0 Å². The van der Waals surface area contributed by atoms with Gasteiger partial charge in [0.1, 0.15) is 5.78 Å². The number of ketones is 1. The number of ether oxygens (including phenoxy) is 1. The summed E-state index contributed by atoms with van der Waals surface area (Å²) in [4.78, 5) is 14.8. The number of hydrogen-bond acceptors (Lipinski definition) is 3. The Morgan fingerprint density at radius 1 is 1.42 bits per heavy atom. The summed E-state index contributed by atoms with van der Waals surface area (Å²) in [5.74, 6) is 0.160. The van der Waals surface area contributed by atoms with Crippen LogP contribution in [0.25, 0.3) is 0 Å². The average molecular weight is 171 g/mol. The molecule has 0 heterocycles. The molecule has 0 atom stereocenters. The van der Waals surface area contributed by atoms with Gasteiger partial charge in [0.05, 0.1) is 13.2 Å². The van der Waals surface area contributed by atoms with Crippen LogP contribution in [0.2, 0.25) is 0 Å². The topological polar surface area (TPSA) is 38.7 Å². The van der Waals surface area contributed by atoms with E-state index in [4.69, 9.17) is 4.74 Å². The van der Waals surface area contributed by atoms with Crippen LogP contribution in [0.3, 0.4) is 0 Å². The molecule has 0 aliphatic carbocycles. The molecule has 0 aliphatic rings. The first-order valence-electron chi connectivity index (χ1n) is 4.24. The van der Waals surface area contributed by atoms with Gasteiger partial charge < -0.3 is 4.74 Å². The third kappa shape index (κ3) is 7.41. The van der Waals surface area contributed by atoms with Gasteiger partial charge in [-0.05, 0) is 20.8 Å². The Morgan fingerprint density at radius 2 is 2.08 bits per heavy atom. The second kappa shape index (κ2) is 6.98. The molecule has 70 valence electrons. The first kappa shape index (κ1) is 11.3. The van der Waals surface area contributed by atoms with Crippen LogP contribution in [0.5, 0.6) is 0 Å². The highest BCUT2D eigenvalue weighted by atomic mass is 16.5. The van der Waals surface area contributed by atoms with Crippen molar-refractivity contribution >= 4 is 11.5 Å². The van der Waals surface area contributed by atoms with Crippen molar-refractivity contribution in [1.82, 2.24) is 0 Å². The maximum atomic E-state index is 10.6. The van der Waals surface area contributed by atoms with Crippen LogP contribution < -0.4 is 0 Å². The van der Waals surface area contributed by atoms with Crippen molar-refractivity contribution in [3.05, 3.63) is 0 Å². The van der Waals surface area contributed by atoms with Crippen LogP contribution in [0.15, 0.2) is 4.99 Å². The predicted octanol–water partition coefficient (Wildman–Crippen LogP) is 1.46. The second-order valence-corrected chi connectivity index (χ2v) is 2.69. The Balaban J connectivity index is 3.48. The number of hydrogen-bond donors (Lipinski definition) is 0. The Kier molecular flexibility index (Phi) is 6.57. The largest absolute Gasteiger partial charge is 0.380 e. The highest BCUT2D eigenvalue weighted by molar-refractivity contribution is 5.99. The number of carbonyl (C=O) groups is 1. The Morgan fingerprint density at radius 3 is 2.58 bits per heavy atom. The van der Waals surface area contributed by atoms with Crippen LogP contribution in [0.4, 0.5) is 0 Å². The smallest absolute Gasteiger partial charge is 0.135 e. The monoisotopic (exact) mass is 171 g/mol. The van der Waals surface area contributed by atoms with Gasteiger partial charge >= 0.3 is 0 Å². The van der Waals surface area contributed by atoms with Crippen molar-refractivity contribution in [3.63, 3.8) is 0 Å². The summed E-state index contributed by atoms with van der Waals surface area (Å²) in [6, 6.07) is 0. The molecular formula is C9H17NO2. The van der Waals surface area contributed by atoms with E-state index >= 15 is 0 Å². The van der Waals surface area contributed by atoms with Crippen molar-refractivity contribution in [2.24, 2.45) is 4.99 Å². The molecule has 0 saturated carbocycles. The average Bonchev–Trinajstić information content (AvgIpc) is 1.97. The molecule has 0 saturated heterocycles. The molecule has 0 radical (unpaired) electrons. The summed E-state index contributed by atoms with van der Waals surface area (Å²) >= 11 is 0. The molecule has 0 unspecified atom stereocenters. The van der Waals surface area contributed by atoms with E-state index in [9.17, 15) is 4.79 Å². The molecule has 0 bridgehead atoms. The summed E-state index contributed by atoms with van der Waals surface area (Å²) in [5, 5.41) is 0. The summed E-state index contributed by atoms with van der Waals surface area (Å²) in [6.45, 7) is 7.42. The zero-order valence-corrected chi connectivity index (χ0v) is 8.09. The highest BCUT2D eigenvalue weighted by Gasteiger charge is 1.95. The maximum absolute atomic E-state index is 10.6. The Hall–Kier alpha value is -0.700. The number of nitrogens with zero attached hydrogens (tertiary/aromatic N) is 1. The molecule has 0 rings (SSSR count). The van der Waals surface area contributed by atoms with Gasteiger partial charge in [-0.1, -0.05) is 0 Å². The van der Waals surface area contributed by atoms with Crippen LogP contribution in [-0.4, -0.2) is 31.3 Å². The first-order valence-corrected chi connectivity index (χ1v) is 4.24. The fourth-order valence-electron chi connectivity index (χ4n) is 0.862. The van der Waals surface area contributed by atoms with E-state index in [0.29, 0.717) is 19.6 Å². The molecule has 0 aromatic carbocycles. The SMILES string of the molecule is CCOCCN=C(C)CC(C)=O. The fraction of sp³-hybridized carbons (Fsp3) is 0.778. The summed E-state index contributed by atoms with van der Waals surface area (Å²) in [7, 11) is 0. The Labute approximate surface area is 73.8 Å². The minimum atomic E-state index is 0.160. The van der Waals surface area contributed by atoms with Gasteiger partial charge in [-0.15, -0.1) is 0 Å². The van der Waals surface area contributed by atoms with E-state index in [1.165, 1.54) is 0 Å². The van der Waals surface area contributed by atoms with E-state index in [1.54, 1.807) is 6.92 Å². The van der Waals surface area contributed by atoms with Crippen LogP contribution >= 0.6 is 0 Å². The molecule has 3 heteroatoms. The normalized spacial score (nSPS) is 11.8. The van der Waals surface area contributed by atoms with Gasteiger partial charge in [-0.25, -0.2) is 0 Å². The van der Waals surface area contributed by atoms with Crippen molar-refractivity contribution < 1.29 is 9.53 Å². The first-order chi connectivity index (χ1) is 5.66. The molecule has 0 aromatic rings.